The second-order valence-corrected chi connectivity index (χ2v) is 6.01. The number of allylic oxidation sites excluding steroid dienone is 1. The molecule has 110 valence electrons. The van der Waals surface area contributed by atoms with Gasteiger partial charge in [0.25, 0.3) is 0 Å². The summed E-state index contributed by atoms with van der Waals surface area (Å²) in [4.78, 5) is 0. The summed E-state index contributed by atoms with van der Waals surface area (Å²) in [6.45, 7) is 2.29. The number of benzene rings is 2. The van der Waals surface area contributed by atoms with Crippen LogP contribution in [0.3, 0.4) is 0 Å². The number of hydrogen-bond acceptors (Lipinski definition) is 0. The van der Waals surface area contributed by atoms with Gasteiger partial charge in [-0.1, -0.05) is 60.5 Å². The molecule has 22 heavy (non-hydrogen) atoms. The van der Waals surface area contributed by atoms with Crippen LogP contribution in [0.25, 0.3) is 16.7 Å². The molecule has 0 aliphatic heterocycles. The van der Waals surface area contributed by atoms with Crippen LogP contribution < -0.4 is 0 Å². The standard InChI is InChI=1S/C22H22/c1-3-4-5-6-7-12-17(2)22-20-15-10-8-13-18(20)19-14-9-11-16-21(19)22/h1,8-11,13-16H,4-7,12H2,2H3. The number of terminal acetylenes is 1. The summed E-state index contributed by atoms with van der Waals surface area (Å²) >= 11 is 0. The molecule has 0 fully saturated rings. The minimum absolute atomic E-state index is 0.904. The molecule has 0 N–H and O–H groups in total. The fraction of sp³-hybridized carbons (Fsp3) is 0.273. The van der Waals surface area contributed by atoms with Gasteiger partial charge in [0.05, 0.1) is 0 Å². The normalized spacial score (nSPS) is 11.7. The Labute approximate surface area is 133 Å². The second-order valence-electron chi connectivity index (χ2n) is 6.01. The van der Waals surface area contributed by atoms with E-state index in [9.17, 15) is 0 Å². The first-order chi connectivity index (χ1) is 10.8. The van der Waals surface area contributed by atoms with E-state index in [1.807, 2.05) is 0 Å². The molecule has 0 heterocycles. The third-order valence-corrected chi connectivity index (χ3v) is 4.48. The molecule has 1 aliphatic carbocycles. The monoisotopic (exact) mass is 286 g/mol. The van der Waals surface area contributed by atoms with Gasteiger partial charge in [0.15, 0.2) is 0 Å². The Hall–Kier alpha value is -2.26. The highest BCUT2D eigenvalue weighted by molar-refractivity contribution is 6.01. The van der Waals surface area contributed by atoms with Crippen molar-refractivity contribution in [2.24, 2.45) is 0 Å². The van der Waals surface area contributed by atoms with Crippen LogP contribution in [-0.4, -0.2) is 0 Å². The van der Waals surface area contributed by atoms with Crippen molar-refractivity contribution in [3.63, 3.8) is 0 Å². The maximum Gasteiger partial charge on any atom is 0.00860 e. The lowest BCUT2D eigenvalue weighted by Crippen LogP contribution is -1.89. The molecule has 2 aromatic carbocycles. The molecule has 0 heteroatoms. The van der Waals surface area contributed by atoms with Crippen LogP contribution in [0.15, 0.2) is 54.1 Å². The summed E-state index contributed by atoms with van der Waals surface area (Å²) in [7, 11) is 0. The van der Waals surface area contributed by atoms with E-state index in [2.05, 4.69) is 61.4 Å². The molecule has 3 rings (SSSR count). The van der Waals surface area contributed by atoms with Gasteiger partial charge in [-0.05, 0) is 54.0 Å². The molecule has 0 atom stereocenters. The third-order valence-electron chi connectivity index (χ3n) is 4.48. The lowest BCUT2D eigenvalue weighted by Gasteiger charge is -2.09. The summed E-state index contributed by atoms with van der Waals surface area (Å²) in [6.07, 6.45) is 11.0. The molecule has 0 nitrogen and oxygen atoms in total. The summed E-state index contributed by atoms with van der Waals surface area (Å²) in [5.74, 6) is 2.72. The van der Waals surface area contributed by atoms with Crippen LogP contribution >= 0.6 is 0 Å². The minimum atomic E-state index is 0.904. The van der Waals surface area contributed by atoms with Gasteiger partial charge in [0, 0.05) is 6.42 Å². The van der Waals surface area contributed by atoms with E-state index in [0.29, 0.717) is 0 Å². The van der Waals surface area contributed by atoms with E-state index >= 15 is 0 Å². The molecule has 0 saturated carbocycles. The van der Waals surface area contributed by atoms with Crippen LogP contribution in [0.5, 0.6) is 0 Å². The van der Waals surface area contributed by atoms with Crippen molar-refractivity contribution < 1.29 is 0 Å². The Balaban J connectivity index is 1.89. The largest absolute Gasteiger partial charge is 0.120 e. The first kappa shape index (κ1) is 14.7. The van der Waals surface area contributed by atoms with Crippen molar-refractivity contribution in [1.82, 2.24) is 0 Å². The Morgan fingerprint density at radius 3 is 1.91 bits per heavy atom. The first-order valence-electron chi connectivity index (χ1n) is 8.15. The Morgan fingerprint density at radius 2 is 1.36 bits per heavy atom. The van der Waals surface area contributed by atoms with Crippen molar-refractivity contribution in [2.75, 3.05) is 0 Å². The van der Waals surface area contributed by atoms with Gasteiger partial charge < -0.3 is 0 Å². The van der Waals surface area contributed by atoms with Crippen LogP contribution in [0, 0.1) is 12.3 Å². The third kappa shape index (κ3) is 2.72. The highest BCUT2D eigenvalue weighted by atomic mass is 14.3. The van der Waals surface area contributed by atoms with Gasteiger partial charge in [-0.25, -0.2) is 0 Å². The highest BCUT2D eigenvalue weighted by Gasteiger charge is 2.23. The molecule has 0 unspecified atom stereocenters. The van der Waals surface area contributed by atoms with Gasteiger partial charge in [-0.3, -0.25) is 0 Å². The average Bonchev–Trinajstić information content (AvgIpc) is 2.89. The van der Waals surface area contributed by atoms with Crippen molar-refractivity contribution in [3.05, 3.63) is 65.2 Å². The van der Waals surface area contributed by atoms with E-state index in [-0.39, 0.29) is 0 Å². The van der Waals surface area contributed by atoms with Gasteiger partial charge in [-0.15, -0.1) is 12.3 Å². The molecule has 2 aromatic rings. The van der Waals surface area contributed by atoms with Gasteiger partial charge in [-0.2, -0.15) is 0 Å². The smallest absolute Gasteiger partial charge is 0.00860 e. The average molecular weight is 286 g/mol. The lowest BCUT2D eigenvalue weighted by atomic mass is 9.95. The predicted molar refractivity (Wildman–Crippen MR) is 95.5 cm³/mol. The minimum Gasteiger partial charge on any atom is -0.120 e. The summed E-state index contributed by atoms with van der Waals surface area (Å²) in [5.41, 5.74) is 8.48. The summed E-state index contributed by atoms with van der Waals surface area (Å²) in [5, 5.41) is 0. The molecule has 0 radical (unpaired) electrons. The fourth-order valence-corrected chi connectivity index (χ4v) is 3.40. The van der Waals surface area contributed by atoms with Crippen LogP contribution in [0.1, 0.15) is 50.2 Å². The zero-order chi connectivity index (χ0) is 15.4. The molecular weight excluding hydrogens is 264 g/mol. The van der Waals surface area contributed by atoms with Crippen molar-refractivity contribution in [1.29, 1.82) is 0 Å². The number of hydrogen-bond donors (Lipinski definition) is 0. The van der Waals surface area contributed by atoms with Gasteiger partial charge in [0.1, 0.15) is 0 Å². The maximum atomic E-state index is 5.32. The van der Waals surface area contributed by atoms with Crippen LogP contribution in [0.2, 0.25) is 0 Å². The Bertz CT molecular complexity index is 693. The lowest BCUT2D eigenvalue weighted by molar-refractivity contribution is 0.690. The van der Waals surface area contributed by atoms with E-state index in [0.717, 1.165) is 19.3 Å². The molecule has 1 aliphatic rings. The Morgan fingerprint density at radius 1 is 0.818 bits per heavy atom. The van der Waals surface area contributed by atoms with Crippen LogP contribution in [0.4, 0.5) is 0 Å². The Kier molecular flexibility index (Phi) is 4.45. The zero-order valence-corrected chi connectivity index (χ0v) is 13.2. The molecular formula is C22H22. The number of rotatable bonds is 5. The zero-order valence-electron chi connectivity index (χ0n) is 13.2. The maximum absolute atomic E-state index is 5.32. The van der Waals surface area contributed by atoms with Crippen molar-refractivity contribution >= 4 is 5.57 Å². The van der Waals surface area contributed by atoms with E-state index < -0.39 is 0 Å². The topological polar surface area (TPSA) is 0 Å². The quantitative estimate of drug-likeness (QED) is 0.394. The van der Waals surface area contributed by atoms with E-state index in [1.54, 1.807) is 0 Å². The molecule has 0 saturated heterocycles. The molecule has 0 spiro atoms. The summed E-state index contributed by atoms with van der Waals surface area (Å²) < 4.78 is 0. The fourth-order valence-electron chi connectivity index (χ4n) is 3.40. The SMILES string of the molecule is C#CCCCCCC(C)=C1c2ccccc2-c2ccccc21. The molecule has 0 aromatic heterocycles. The van der Waals surface area contributed by atoms with E-state index in [4.69, 9.17) is 6.42 Å². The van der Waals surface area contributed by atoms with Crippen molar-refractivity contribution in [2.45, 2.75) is 39.0 Å². The van der Waals surface area contributed by atoms with Crippen LogP contribution in [-0.2, 0) is 0 Å². The number of unbranched alkanes of at least 4 members (excludes halogenated alkanes) is 3. The second kappa shape index (κ2) is 6.67. The molecule has 0 amide bonds. The van der Waals surface area contributed by atoms with Gasteiger partial charge >= 0.3 is 0 Å². The number of fused-ring (bicyclic) bond motifs is 3. The predicted octanol–water partition coefficient (Wildman–Crippen LogP) is 6.07. The van der Waals surface area contributed by atoms with Crippen molar-refractivity contribution in [3.8, 4) is 23.5 Å². The summed E-state index contributed by atoms with van der Waals surface area (Å²) in [6, 6.07) is 17.5. The van der Waals surface area contributed by atoms with Gasteiger partial charge in [0.2, 0.25) is 0 Å². The highest BCUT2D eigenvalue weighted by Crippen LogP contribution is 2.45. The molecule has 0 bridgehead atoms. The first-order valence-corrected chi connectivity index (χ1v) is 8.15. The van der Waals surface area contributed by atoms with E-state index in [1.165, 1.54) is 46.2 Å².